The van der Waals surface area contributed by atoms with E-state index in [2.05, 4.69) is 10.5 Å². The number of ether oxygens (including phenoxy) is 1. The molecule has 3 aromatic carbocycles. The molecule has 35 heavy (non-hydrogen) atoms. The molecule has 1 aromatic heterocycles. The lowest BCUT2D eigenvalue weighted by Gasteiger charge is -2.35. The third-order valence-electron chi connectivity index (χ3n) is 5.96. The van der Waals surface area contributed by atoms with E-state index in [0.717, 1.165) is 16.7 Å². The van der Waals surface area contributed by atoms with Gasteiger partial charge in [0.2, 0.25) is 5.82 Å². The number of anilines is 1. The summed E-state index contributed by atoms with van der Waals surface area (Å²) in [6.45, 7) is 3.89. The molecule has 0 fully saturated rings. The minimum Gasteiger partial charge on any atom is -0.497 e. The average Bonchev–Trinajstić information content (AvgIpc) is 3.35. The van der Waals surface area contributed by atoms with Crippen LogP contribution in [0.25, 0.3) is 17.0 Å². The van der Waals surface area contributed by atoms with Crippen molar-refractivity contribution in [2.45, 2.75) is 19.9 Å². The summed E-state index contributed by atoms with van der Waals surface area (Å²) in [6, 6.07) is 21.7. The zero-order valence-corrected chi connectivity index (χ0v) is 20.2. The van der Waals surface area contributed by atoms with Gasteiger partial charge in [-0.3, -0.25) is 4.90 Å². The standard InChI is InChI=1S/C27H23ClN4O3/c1-16-7-9-18(10-8-16)25-30-26(35-31-25)23-17(2)32(21-13-11-20(28)12-14-21)27(33)29-24(23)19-5-4-6-22(15-19)34-3/h4-15,24H,1-3H3,(H,29,33). The molecule has 8 heteroatoms. The number of nitrogens with one attached hydrogen (secondary N) is 1. The molecule has 1 aliphatic rings. The number of rotatable bonds is 5. The van der Waals surface area contributed by atoms with Crippen LogP contribution in [-0.4, -0.2) is 23.3 Å². The maximum atomic E-state index is 13.3. The Morgan fingerprint density at radius 2 is 1.77 bits per heavy atom. The molecule has 7 nitrogen and oxygen atoms in total. The molecule has 0 spiro atoms. The van der Waals surface area contributed by atoms with Crippen molar-refractivity contribution in [2.75, 3.05) is 12.0 Å². The Bertz CT molecular complexity index is 1410. The number of carbonyl (C=O) groups is 1. The van der Waals surface area contributed by atoms with Gasteiger partial charge in [-0.15, -0.1) is 0 Å². The number of hydrogen-bond acceptors (Lipinski definition) is 5. The second-order valence-electron chi connectivity index (χ2n) is 8.26. The van der Waals surface area contributed by atoms with Crippen molar-refractivity contribution >= 4 is 28.9 Å². The molecule has 0 saturated heterocycles. The highest BCUT2D eigenvalue weighted by Crippen LogP contribution is 2.40. The lowest BCUT2D eigenvalue weighted by molar-refractivity contribution is 0.244. The number of hydrogen-bond donors (Lipinski definition) is 1. The maximum absolute atomic E-state index is 13.3. The van der Waals surface area contributed by atoms with Gasteiger partial charge < -0.3 is 14.6 Å². The highest BCUT2D eigenvalue weighted by molar-refractivity contribution is 6.30. The fourth-order valence-electron chi connectivity index (χ4n) is 4.14. The van der Waals surface area contributed by atoms with Gasteiger partial charge in [0.05, 0.1) is 24.4 Å². The summed E-state index contributed by atoms with van der Waals surface area (Å²) in [5.41, 5.74) is 4.85. The summed E-state index contributed by atoms with van der Waals surface area (Å²) in [5, 5.41) is 7.90. The van der Waals surface area contributed by atoms with E-state index in [-0.39, 0.29) is 6.03 Å². The molecular formula is C27H23ClN4O3. The number of allylic oxidation sites excluding steroid dienone is 1. The van der Waals surface area contributed by atoms with Crippen LogP contribution in [0.4, 0.5) is 10.5 Å². The molecule has 0 radical (unpaired) electrons. The summed E-state index contributed by atoms with van der Waals surface area (Å²) < 4.78 is 11.2. The largest absolute Gasteiger partial charge is 0.497 e. The second-order valence-corrected chi connectivity index (χ2v) is 8.70. The van der Waals surface area contributed by atoms with Crippen LogP contribution in [0.15, 0.2) is 83.0 Å². The van der Waals surface area contributed by atoms with Gasteiger partial charge in [-0.2, -0.15) is 4.98 Å². The summed E-state index contributed by atoms with van der Waals surface area (Å²) in [5.74, 6) is 1.48. The lowest BCUT2D eigenvalue weighted by atomic mass is 9.94. The molecule has 5 rings (SSSR count). The van der Waals surface area contributed by atoms with Crippen molar-refractivity contribution in [3.05, 3.63) is 101 Å². The van der Waals surface area contributed by atoms with Gasteiger partial charge in [-0.05, 0) is 55.8 Å². The first-order valence-corrected chi connectivity index (χ1v) is 11.4. The van der Waals surface area contributed by atoms with E-state index in [1.165, 1.54) is 0 Å². The average molecular weight is 487 g/mol. The molecule has 0 aliphatic carbocycles. The van der Waals surface area contributed by atoms with Crippen LogP contribution in [0.3, 0.4) is 0 Å². The number of aryl methyl sites for hydroxylation is 1. The van der Waals surface area contributed by atoms with E-state index in [9.17, 15) is 4.79 Å². The highest BCUT2D eigenvalue weighted by atomic mass is 35.5. The van der Waals surface area contributed by atoms with Crippen LogP contribution >= 0.6 is 11.6 Å². The quantitative estimate of drug-likeness (QED) is 0.352. The SMILES string of the molecule is COc1cccc(C2NC(=O)N(c3ccc(Cl)cc3)C(C)=C2c2nc(-c3ccc(C)cc3)no2)c1. The first-order chi connectivity index (χ1) is 16.9. The van der Waals surface area contributed by atoms with Crippen LogP contribution in [0.2, 0.25) is 5.02 Å². The molecule has 4 aromatic rings. The lowest BCUT2D eigenvalue weighted by Crippen LogP contribution is -2.46. The Morgan fingerprint density at radius 3 is 2.49 bits per heavy atom. The molecule has 2 heterocycles. The van der Waals surface area contributed by atoms with Crippen molar-refractivity contribution in [1.29, 1.82) is 0 Å². The summed E-state index contributed by atoms with van der Waals surface area (Å²) in [6.07, 6.45) is 0. The molecule has 1 unspecified atom stereocenters. The number of urea groups is 1. The predicted molar refractivity (Wildman–Crippen MR) is 135 cm³/mol. The fraction of sp³-hybridized carbons (Fsp3) is 0.148. The minimum atomic E-state index is -0.521. The van der Waals surface area contributed by atoms with E-state index >= 15 is 0 Å². The predicted octanol–water partition coefficient (Wildman–Crippen LogP) is 6.41. The van der Waals surface area contributed by atoms with Gasteiger partial charge >= 0.3 is 6.03 Å². The Balaban J connectivity index is 1.65. The smallest absolute Gasteiger partial charge is 0.326 e. The van der Waals surface area contributed by atoms with E-state index in [4.69, 9.17) is 25.8 Å². The third-order valence-corrected chi connectivity index (χ3v) is 6.21. The van der Waals surface area contributed by atoms with Crippen molar-refractivity contribution in [1.82, 2.24) is 15.5 Å². The molecule has 2 amide bonds. The number of carbonyl (C=O) groups excluding carboxylic acids is 1. The highest BCUT2D eigenvalue weighted by Gasteiger charge is 2.36. The van der Waals surface area contributed by atoms with Crippen LogP contribution in [0.5, 0.6) is 5.75 Å². The van der Waals surface area contributed by atoms with Crippen LogP contribution in [0.1, 0.15) is 30.0 Å². The van der Waals surface area contributed by atoms with Crippen molar-refractivity contribution in [3.8, 4) is 17.1 Å². The van der Waals surface area contributed by atoms with Crippen molar-refractivity contribution < 1.29 is 14.1 Å². The van der Waals surface area contributed by atoms with Crippen molar-refractivity contribution in [3.63, 3.8) is 0 Å². The van der Waals surface area contributed by atoms with Gasteiger partial charge in [0.25, 0.3) is 5.89 Å². The number of amides is 2. The molecule has 1 aliphatic heterocycles. The van der Waals surface area contributed by atoms with Gasteiger partial charge in [0.1, 0.15) is 5.75 Å². The van der Waals surface area contributed by atoms with E-state index < -0.39 is 6.04 Å². The number of nitrogens with zero attached hydrogens (tertiary/aromatic N) is 3. The van der Waals surface area contributed by atoms with E-state index in [1.54, 1.807) is 36.3 Å². The zero-order valence-electron chi connectivity index (χ0n) is 19.4. The zero-order chi connectivity index (χ0) is 24.5. The number of methoxy groups -OCH3 is 1. The van der Waals surface area contributed by atoms with Gasteiger partial charge in [0, 0.05) is 16.3 Å². The normalized spacial score (nSPS) is 15.8. The van der Waals surface area contributed by atoms with Crippen LogP contribution < -0.4 is 15.0 Å². The number of benzene rings is 3. The van der Waals surface area contributed by atoms with Crippen LogP contribution in [-0.2, 0) is 0 Å². The van der Waals surface area contributed by atoms with E-state index in [1.807, 2.05) is 62.4 Å². The van der Waals surface area contributed by atoms with Crippen LogP contribution in [0, 0.1) is 6.92 Å². The Kier molecular flexibility index (Phi) is 6.01. The van der Waals surface area contributed by atoms with E-state index in [0.29, 0.717) is 39.4 Å². The van der Waals surface area contributed by atoms with Gasteiger partial charge in [-0.1, -0.05) is 58.7 Å². The summed E-state index contributed by atoms with van der Waals surface area (Å²) >= 11 is 6.07. The van der Waals surface area contributed by atoms with Gasteiger partial charge in [0.15, 0.2) is 0 Å². The molecule has 1 N–H and O–H groups in total. The molecule has 0 saturated carbocycles. The Hall–Kier alpha value is -4.10. The summed E-state index contributed by atoms with van der Waals surface area (Å²) in [4.78, 5) is 19.6. The first kappa shape index (κ1) is 22.7. The fourth-order valence-corrected chi connectivity index (χ4v) is 4.27. The Labute approximate surface area is 208 Å². The molecule has 176 valence electrons. The Morgan fingerprint density at radius 1 is 1.03 bits per heavy atom. The first-order valence-electron chi connectivity index (χ1n) is 11.1. The van der Waals surface area contributed by atoms with Crippen molar-refractivity contribution in [2.24, 2.45) is 0 Å². The second kappa shape index (κ2) is 9.27. The minimum absolute atomic E-state index is 0.278. The number of aromatic nitrogens is 2. The number of halogens is 1. The maximum Gasteiger partial charge on any atom is 0.326 e. The monoisotopic (exact) mass is 486 g/mol. The molecule has 0 bridgehead atoms. The molecule has 1 atom stereocenters. The van der Waals surface area contributed by atoms with Gasteiger partial charge in [-0.25, -0.2) is 4.79 Å². The summed E-state index contributed by atoms with van der Waals surface area (Å²) in [7, 11) is 1.61. The molecular weight excluding hydrogens is 464 g/mol. The topological polar surface area (TPSA) is 80.5 Å². The third kappa shape index (κ3) is 4.38.